The normalized spacial score (nSPS) is 13.5. The lowest BCUT2D eigenvalue weighted by molar-refractivity contribution is 0.327. The highest BCUT2D eigenvalue weighted by atomic mass is 35.5. The van der Waals surface area contributed by atoms with E-state index in [2.05, 4.69) is 41.6 Å². The molecule has 278 valence electrons. The summed E-state index contributed by atoms with van der Waals surface area (Å²) < 4.78 is 37.1. The molecule has 15 heteroatoms. The minimum absolute atomic E-state index is 0.0846. The highest BCUT2D eigenvalue weighted by molar-refractivity contribution is 7.88. The number of aromatic nitrogens is 4. The van der Waals surface area contributed by atoms with Crippen molar-refractivity contribution in [1.82, 2.24) is 24.5 Å². The molecule has 0 fully saturated rings. The van der Waals surface area contributed by atoms with Crippen molar-refractivity contribution in [3.63, 3.8) is 0 Å². The van der Waals surface area contributed by atoms with Crippen molar-refractivity contribution in [3.8, 4) is 32.5 Å². The summed E-state index contributed by atoms with van der Waals surface area (Å²) in [5.41, 5.74) is 9.53. The van der Waals surface area contributed by atoms with Crippen LogP contribution in [0.25, 0.3) is 44.7 Å². The van der Waals surface area contributed by atoms with Gasteiger partial charge >= 0.3 is 10.1 Å². The average Bonchev–Trinajstić information content (AvgIpc) is 3.94. The molecule has 54 heavy (non-hydrogen) atoms. The number of nitrogens with zero attached hydrogens (tertiary/aromatic N) is 5. The van der Waals surface area contributed by atoms with E-state index in [9.17, 15) is 13.0 Å². The fourth-order valence-electron chi connectivity index (χ4n) is 7.06. The molecule has 0 saturated heterocycles. The van der Waals surface area contributed by atoms with Crippen molar-refractivity contribution >= 4 is 91.3 Å². The Hall–Kier alpha value is -3.23. The van der Waals surface area contributed by atoms with Crippen LogP contribution in [0.15, 0.2) is 70.3 Å². The third kappa shape index (κ3) is 7.38. The molecule has 8 nitrogen and oxygen atoms in total. The molecule has 0 unspecified atom stereocenters. The second kappa shape index (κ2) is 15.4. The van der Waals surface area contributed by atoms with Crippen molar-refractivity contribution in [2.75, 3.05) is 20.1 Å². The number of thiophene rings is 2. The van der Waals surface area contributed by atoms with Gasteiger partial charge in [0.15, 0.2) is 0 Å². The molecule has 0 saturated carbocycles. The van der Waals surface area contributed by atoms with Gasteiger partial charge in [0.25, 0.3) is 0 Å². The minimum atomic E-state index is -4.32. The van der Waals surface area contributed by atoms with Gasteiger partial charge in [0.05, 0.1) is 54.0 Å². The standard InChI is InChI=1S/C39H33Cl4N5O3S3/c1-46(15-6-2-4-8-31-27-18-23-14-17-52-38(23)36(27)47(44-31)33-12-10-25(40)21-29(33)42)16-7-3-5-9-32-28-19-24-20-35(54(49,50)51)53-39(24)37(28)48(45-32)34-13-11-26(41)22-30(34)43/h4-5,8-14,17,20-22H,2-3,6-7,15-16,18-19H2,1H3,(H,49,50,51)/b8-4+,9-5+. The zero-order valence-corrected chi connectivity index (χ0v) is 34.4. The lowest BCUT2D eigenvalue weighted by Gasteiger charge is -2.15. The Morgan fingerprint density at radius 2 is 1.31 bits per heavy atom. The van der Waals surface area contributed by atoms with Crippen LogP contribution in [0.5, 0.6) is 0 Å². The maximum Gasteiger partial charge on any atom is 0.304 e. The maximum absolute atomic E-state index is 11.9. The second-order valence-electron chi connectivity index (χ2n) is 13.4. The van der Waals surface area contributed by atoms with Crippen LogP contribution in [0.3, 0.4) is 0 Å². The summed E-state index contributed by atoms with van der Waals surface area (Å²) in [5.74, 6) is 0. The van der Waals surface area contributed by atoms with Gasteiger partial charge in [0.1, 0.15) is 4.21 Å². The number of hydrogen-bond donors (Lipinski definition) is 1. The van der Waals surface area contributed by atoms with Gasteiger partial charge in [-0.15, -0.1) is 22.7 Å². The first-order valence-electron chi connectivity index (χ1n) is 17.3. The van der Waals surface area contributed by atoms with Crippen molar-refractivity contribution < 1.29 is 13.0 Å². The van der Waals surface area contributed by atoms with Gasteiger partial charge in [0.2, 0.25) is 0 Å². The lowest BCUT2D eigenvalue weighted by atomic mass is 10.1. The molecule has 6 aromatic rings. The lowest BCUT2D eigenvalue weighted by Crippen LogP contribution is -2.20. The Morgan fingerprint density at radius 3 is 1.85 bits per heavy atom. The summed E-state index contributed by atoms with van der Waals surface area (Å²) in [4.78, 5) is 4.36. The van der Waals surface area contributed by atoms with Crippen LogP contribution in [0, 0.1) is 0 Å². The highest BCUT2D eigenvalue weighted by Crippen LogP contribution is 2.47. The van der Waals surface area contributed by atoms with Crippen molar-refractivity contribution in [2.24, 2.45) is 0 Å². The van der Waals surface area contributed by atoms with E-state index in [0.29, 0.717) is 32.2 Å². The van der Waals surface area contributed by atoms with Gasteiger partial charge in [-0.1, -0.05) is 58.6 Å². The van der Waals surface area contributed by atoms with Crippen molar-refractivity contribution in [2.45, 2.75) is 42.7 Å². The fraction of sp³-hybridized carbons (Fsp3) is 0.231. The molecule has 0 amide bonds. The number of hydrogen-bond acceptors (Lipinski definition) is 7. The van der Waals surface area contributed by atoms with Crippen LogP contribution in [-0.2, 0) is 23.0 Å². The van der Waals surface area contributed by atoms with Crippen LogP contribution >= 0.6 is 69.1 Å². The Bertz CT molecular complexity index is 2580. The van der Waals surface area contributed by atoms with Crippen LogP contribution in [0.2, 0.25) is 20.1 Å². The van der Waals surface area contributed by atoms with Gasteiger partial charge in [-0.05, 0) is 123 Å². The Morgan fingerprint density at radius 1 is 0.778 bits per heavy atom. The largest absolute Gasteiger partial charge is 0.306 e. The SMILES string of the molecule is CN(CCC/C=C/c1nn(-c2ccc(Cl)cc2Cl)c2c1Cc1ccsc1-2)CCC/C=C/c1nn(-c2ccc(Cl)cc2Cl)c2c1Cc1cc(S(=O)(=O)O)sc1-2. The number of unbranched alkanes of at least 4 members (excludes halogenated alkanes) is 2. The summed E-state index contributed by atoms with van der Waals surface area (Å²) >= 11 is 28.3. The quantitative estimate of drug-likeness (QED) is 0.0917. The first kappa shape index (κ1) is 37.7. The molecule has 2 aliphatic carbocycles. The molecule has 4 aromatic heterocycles. The van der Waals surface area contributed by atoms with E-state index in [0.717, 1.165) is 101 Å². The van der Waals surface area contributed by atoms with Crippen LogP contribution in [-0.4, -0.2) is 57.6 Å². The molecular formula is C39H33Cl4N5O3S3. The summed E-state index contributed by atoms with van der Waals surface area (Å²) in [6, 6.07) is 14.5. The van der Waals surface area contributed by atoms with Crippen LogP contribution < -0.4 is 0 Å². The summed E-state index contributed by atoms with van der Waals surface area (Å²) in [7, 11) is -2.17. The van der Waals surface area contributed by atoms with Crippen molar-refractivity contribution in [1.29, 1.82) is 0 Å². The Balaban J connectivity index is 0.875. The molecule has 0 radical (unpaired) electrons. The molecule has 8 rings (SSSR count). The van der Waals surface area contributed by atoms with Gasteiger partial charge in [-0.2, -0.15) is 18.6 Å². The predicted octanol–water partition coefficient (Wildman–Crippen LogP) is 11.4. The smallest absolute Gasteiger partial charge is 0.304 e. The first-order valence-corrected chi connectivity index (χ1v) is 21.9. The number of benzene rings is 2. The predicted molar refractivity (Wildman–Crippen MR) is 223 cm³/mol. The van der Waals surface area contributed by atoms with Gasteiger partial charge in [-0.25, -0.2) is 9.36 Å². The topological polar surface area (TPSA) is 93.3 Å². The number of rotatable bonds is 13. The number of allylic oxidation sites excluding steroid dienone is 2. The average molecular weight is 858 g/mol. The summed E-state index contributed by atoms with van der Waals surface area (Å²) in [5, 5.41) is 14.1. The van der Waals surface area contributed by atoms with E-state index in [1.807, 2.05) is 22.9 Å². The van der Waals surface area contributed by atoms with E-state index >= 15 is 0 Å². The number of fused-ring (bicyclic) bond motifs is 6. The zero-order chi connectivity index (χ0) is 37.7. The highest BCUT2D eigenvalue weighted by Gasteiger charge is 2.33. The van der Waals surface area contributed by atoms with Gasteiger partial charge in [-0.3, -0.25) is 4.55 Å². The fourth-order valence-corrected chi connectivity index (χ4v) is 10.9. The minimum Gasteiger partial charge on any atom is -0.306 e. The molecule has 0 aliphatic heterocycles. The summed E-state index contributed by atoms with van der Waals surface area (Å²) in [6.07, 6.45) is 13.7. The second-order valence-corrected chi connectivity index (χ2v) is 18.7. The monoisotopic (exact) mass is 855 g/mol. The molecule has 0 bridgehead atoms. The van der Waals surface area contributed by atoms with Crippen LogP contribution in [0.1, 0.15) is 59.3 Å². The molecule has 1 N–H and O–H groups in total. The van der Waals surface area contributed by atoms with E-state index < -0.39 is 10.1 Å². The van der Waals surface area contributed by atoms with Crippen LogP contribution in [0.4, 0.5) is 0 Å². The third-order valence-electron chi connectivity index (χ3n) is 9.63. The summed E-state index contributed by atoms with van der Waals surface area (Å²) in [6.45, 7) is 1.94. The van der Waals surface area contributed by atoms with E-state index in [4.69, 9.17) is 56.6 Å². The molecule has 2 aromatic carbocycles. The van der Waals surface area contributed by atoms with Crippen molar-refractivity contribution in [3.05, 3.63) is 120 Å². The van der Waals surface area contributed by atoms with Gasteiger partial charge < -0.3 is 4.90 Å². The van der Waals surface area contributed by atoms with E-state index in [1.165, 1.54) is 16.0 Å². The third-order valence-corrected chi connectivity index (χ3v) is 14.2. The molecule has 4 heterocycles. The molecule has 0 spiro atoms. The molecule has 0 atom stereocenters. The first-order chi connectivity index (χ1) is 26.0. The van der Waals surface area contributed by atoms with E-state index in [-0.39, 0.29) is 4.21 Å². The Kier molecular flexibility index (Phi) is 10.7. The molecular weight excluding hydrogens is 824 g/mol. The number of halogens is 4. The maximum atomic E-state index is 11.9. The molecule has 2 aliphatic rings. The van der Waals surface area contributed by atoms with E-state index in [1.54, 1.807) is 46.4 Å². The zero-order valence-electron chi connectivity index (χ0n) is 28.9. The van der Waals surface area contributed by atoms with Gasteiger partial charge in [0, 0.05) is 34.0 Å². The Labute approximate surface area is 341 Å².